The lowest BCUT2D eigenvalue weighted by atomic mass is 9.98. The van der Waals surface area contributed by atoms with Gasteiger partial charge in [-0.3, -0.25) is 4.79 Å². The number of nitrogens with one attached hydrogen (secondary N) is 1. The number of rotatable bonds is 5. The monoisotopic (exact) mass is 461 g/mol. The molecule has 7 nitrogen and oxygen atoms in total. The number of phenols is 1. The molecule has 0 aromatic heterocycles. The third-order valence-electron chi connectivity index (χ3n) is 5.57. The molecule has 0 spiro atoms. The van der Waals surface area contributed by atoms with E-state index in [9.17, 15) is 14.7 Å². The molecule has 178 valence electrons. The predicted octanol–water partition coefficient (Wildman–Crippen LogP) is 3.39. The first-order valence-corrected chi connectivity index (χ1v) is 11.2. The highest BCUT2D eigenvalue weighted by molar-refractivity contribution is 5.82. The maximum atomic E-state index is 12.5. The van der Waals surface area contributed by atoms with Crippen LogP contribution in [0.4, 0.5) is 4.79 Å². The number of fused-ring (bicyclic) bond motifs is 1. The topological polar surface area (TPSA) is 105 Å². The van der Waals surface area contributed by atoms with Gasteiger partial charge in [-0.05, 0) is 47.2 Å². The molecule has 4 N–H and O–H groups in total. The van der Waals surface area contributed by atoms with Crippen LogP contribution in [0.25, 0.3) is 0 Å². The van der Waals surface area contributed by atoms with Crippen LogP contribution in [0.15, 0.2) is 78.9 Å². The van der Waals surface area contributed by atoms with Crippen molar-refractivity contribution in [2.24, 2.45) is 5.73 Å². The fourth-order valence-electron chi connectivity index (χ4n) is 3.69. The van der Waals surface area contributed by atoms with Crippen molar-refractivity contribution in [1.82, 2.24) is 10.2 Å². The van der Waals surface area contributed by atoms with Gasteiger partial charge in [0.25, 0.3) is 0 Å². The average molecular weight is 462 g/mol. The number of nitrogens with zero attached hydrogens (tertiary/aromatic N) is 1. The predicted molar refractivity (Wildman–Crippen MR) is 131 cm³/mol. The van der Waals surface area contributed by atoms with E-state index in [1.807, 2.05) is 47.4 Å². The Kier molecular flexibility index (Phi) is 9.05. The first-order valence-electron chi connectivity index (χ1n) is 11.2. The Morgan fingerprint density at radius 3 is 2.29 bits per heavy atom. The number of amides is 2. The third-order valence-corrected chi connectivity index (χ3v) is 5.57. The van der Waals surface area contributed by atoms with Gasteiger partial charge in [0.05, 0.1) is 6.04 Å². The Bertz CT molecular complexity index is 1070. The molecule has 3 aromatic rings. The van der Waals surface area contributed by atoms with Gasteiger partial charge >= 0.3 is 6.09 Å². The SMILES string of the molecule is CNC(=O)OCc1ccccc1.N[C@@H](Cc1ccc(O)cc1)C(=O)N1CCc2ccccc2C1. The highest BCUT2D eigenvalue weighted by atomic mass is 16.5. The van der Waals surface area contributed by atoms with Crippen LogP contribution in [-0.2, 0) is 35.5 Å². The second-order valence-electron chi connectivity index (χ2n) is 8.07. The zero-order valence-corrected chi connectivity index (χ0v) is 19.3. The number of ether oxygens (including phenoxy) is 1. The molecule has 0 fully saturated rings. The van der Waals surface area contributed by atoms with E-state index in [0.717, 1.165) is 24.1 Å². The molecule has 0 unspecified atom stereocenters. The summed E-state index contributed by atoms with van der Waals surface area (Å²) >= 11 is 0. The normalized spacial score (nSPS) is 13.1. The zero-order chi connectivity index (χ0) is 24.3. The van der Waals surface area contributed by atoms with Crippen molar-refractivity contribution in [3.8, 4) is 5.75 Å². The Morgan fingerprint density at radius 2 is 1.62 bits per heavy atom. The molecule has 0 saturated carbocycles. The van der Waals surface area contributed by atoms with E-state index in [0.29, 0.717) is 19.6 Å². The van der Waals surface area contributed by atoms with Gasteiger partial charge in [0.1, 0.15) is 12.4 Å². The average Bonchev–Trinajstić information content (AvgIpc) is 2.88. The second-order valence-corrected chi connectivity index (χ2v) is 8.07. The van der Waals surface area contributed by atoms with Crippen molar-refractivity contribution in [3.05, 3.63) is 101 Å². The summed E-state index contributed by atoms with van der Waals surface area (Å²) in [6.45, 7) is 1.68. The van der Waals surface area contributed by atoms with Gasteiger partial charge in [0, 0.05) is 20.1 Å². The summed E-state index contributed by atoms with van der Waals surface area (Å²) in [5.41, 5.74) is 10.6. The zero-order valence-electron chi connectivity index (χ0n) is 19.3. The summed E-state index contributed by atoms with van der Waals surface area (Å²) < 4.78 is 4.83. The summed E-state index contributed by atoms with van der Waals surface area (Å²) in [7, 11) is 1.54. The van der Waals surface area contributed by atoms with Gasteiger partial charge in [-0.1, -0.05) is 66.7 Å². The van der Waals surface area contributed by atoms with Crippen LogP contribution in [0, 0.1) is 0 Å². The maximum absolute atomic E-state index is 12.5. The van der Waals surface area contributed by atoms with E-state index in [4.69, 9.17) is 10.5 Å². The van der Waals surface area contributed by atoms with Crippen molar-refractivity contribution >= 4 is 12.0 Å². The lowest BCUT2D eigenvalue weighted by Gasteiger charge is -2.30. The van der Waals surface area contributed by atoms with Gasteiger partial charge in [0.15, 0.2) is 0 Å². The molecule has 0 saturated heterocycles. The van der Waals surface area contributed by atoms with Crippen LogP contribution in [0.1, 0.15) is 22.3 Å². The number of nitrogens with two attached hydrogens (primary N) is 1. The first kappa shape index (κ1) is 24.8. The van der Waals surface area contributed by atoms with Gasteiger partial charge in [-0.15, -0.1) is 0 Å². The highest BCUT2D eigenvalue weighted by Crippen LogP contribution is 2.19. The van der Waals surface area contributed by atoms with E-state index in [1.165, 1.54) is 18.2 Å². The van der Waals surface area contributed by atoms with E-state index in [2.05, 4.69) is 17.4 Å². The quantitative estimate of drug-likeness (QED) is 0.540. The first-order chi connectivity index (χ1) is 16.5. The molecule has 3 aromatic carbocycles. The number of hydrogen-bond donors (Lipinski definition) is 3. The van der Waals surface area contributed by atoms with Crippen LogP contribution < -0.4 is 11.1 Å². The van der Waals surface area contributed by atoms with Crippen molar-refractivity contribution in [2.45, 2.75) is 32.0 Å². The van der Waals surface area contributed by atoms with Crippen molar-refractivity contribution < 1.29 is 19.4 Å². The summed E-state index contributed by atoms with van der Waals surface area (Å²) in [6.07, 6.45) is 0.962. The Morgan fingerprint density at radius 1 is 0.971 bits per heavy atom. The molecular formula is C27H31N3O4. The second kappa shape index (κ2) is 12.4. The summed E-state index contributed by atoms with van der Waals surface area (Å²) in [5.74, 6) is 0.207. The number of hydrogen-bond acceptors (Lipinski definition) is 5. The third kappa shape index (κ3) is 7.35. The number of phenolic OH excluding ortho intramolecular Hbond substituents is 1. The fraction of sp³-hybridized carbons (Fsp3) is 0.259. The molecule has 1 aliphatic heterocycles. The highest BCUT2D eigenvalue weighted by Gasteiger charge is 2.24. The standard InChI is InChI=1S/C18H20N2O2.C9H11NO2/c19-17(11-13-5-7-16(21)8-6-13)18(22)20-10-9-14-3-1-2-4-15(14)12-20;1-10-9(11)12-7-8-5-3-2-4-6-8/h1-8,17,21H,9-12,19H2;2-6H,7H2,1H3,(H,10,11)/t17-;/m0./s1. The van der Waals surface area contributed by atoms with Gasteiger partial charge < -0.3 is 25.8 Å². The van der Waals surface area contributed by atoms with Crippen molar-refractivity contribution in [2.75, 3.05) is 13.6 Å². The lowest BCUT2D eigenvalue weighted by Crippen LogP contribution is -2.46. The molecule has 1 atom stereocenters. The van der Waals surface area contributed by atoms with Gasteiger partial charge in [-0.25, -0.2) is 4.79 Å². The molecule has 1 heterocycles. The Hall–Kier alpha value is -3.84. The van der Waals surface area contributed by atoms with E-state index in [-0.39, 0.29) is 11.7 Å². The largest absolute Gasteiger partial charge is 0.508 e. The van der Waals surface area contributed by atoms with Crippen molar-refractivity contribution in [1.29, 1.82) is 0 Å². The number of carbonyl (C=O) groups is 2. The minimum Gasteiger partial charge on any atom is -0.508 e. The van der Waals surface area contributed by atoms with Crippen LogP contribution in [-0.4, -0.2) is 41.6 Å². The van der Waals surface area contributed by atoms with Crippen LogP contribution in [0.2, 0.25) is 0 Å². The molecule has 0 bridgehead atoms. The van der Waals surface area contributed by atoms with Crippen LogP contribution >= 0.6 is 0 Å². The molecule has 2 amide bonds. The molecule has 1 aliphatic rings. The smallest absolute Gasteiger partial charge is 0.407 e. The summed E-state index contributed by atoms with van der Waals surface area (Å²) in [6, 6.07) is 24.1. The molecule has 34 heavy (non-hydrogen) atoms. The number of alkyl carbamates (subject to hydrolysis) is 1. The van der Waals surface area contributed by atoms with Gasteiger partial charge in [-0.2, -0.15) is 0 Å². The molecule has 0 aliphatic carbocycles. The number of carbonyl (C=O) groups excluding carboxylic acids is 2. The molecule has 0 radical (unpaired) electrons. The summed E-state index contributed by atoms with van der Waals surface area (Å²) in [4.78, 5) is 25.0. The fourth-order valence-corrected chi connectivity index (χ4v) is 3.69. The van der Waals surface area contributed by atoms with Crippen LogP contribution in [0.3, 0.4) is 0 Å². The van der Waals surface area contributed by atoms with E-state index < -0.39 is 12.1 Å². The van der Waals surface area contributed by atoms with E-state index >= 15 is 0 Å². The molecule has 4 rings (SSSR count). The molecule has 7 heteroatoms. The minimum absolute atomic E-state index is 0.0115. The number of benzene rings is 3. The van der Waals surface area contributed by atoms with E-state index in [1.54, 1.807) is 24.3 Å². The van der Waals surface area contributed by atoms with Gasteiger partial charge in [0.2, 0.25) is 5.91 Å². The lowest BCUT2D eigenvalue weighted by molar-refractivity contribution is -0.133. The minimum atomic E-state index is -0.546. The Labute approximate surface area is 200 Å². The molecular weight excluding hydrogens is 430 g/mol. The van der Waals surface area contributed by atoms with Crippen molar-refractivity contribution in [3.63, 3.8) is 0 Å². The summed E-state index contributed by atoms with van der Waals surface area (Å²) in [5, 5.41) is 11.7. The maximum Gasteiger partial charge on any atom is 0.407 e. The van der Waals surface area contributed by atoms with Crippen LogP contribution in [0.5, 0.6) is 5.75 Å². The Balaban J connectivity index is 0.000000229. The number of aromatic hydroxyl groups is 1.